The third-order valence-electron chi connectivity index (χ3n) is 2.45. The van der Waals surface area contributed by atoms with Crippen LogP contribution < -0.4 is 5.73 Å². The summed E-state index contributed by atoms with van der Waals surface area (Å²) in [5.74, 6) is 1.29. The SMILES string of the molecule is CC(N)c1cnc(C2CCCCS2)s1. The number of thiazole rings is 1. The maximum Gasteiger partial charge on any atom is 0.106 e. The number of aromatic nitrogens is 1. The van der Waals surface area contributed by atoms with Crippen LogP contribution in [-0.2, 0) is 0 Å². The van der Waals surface area contributed by atoms with Gasteiger partial charge in [0.1, 0.15) is 5.01 Å². The number of thioether (sulfide) groups is 1. The second kappa shape index (κ2) is 4.64. The van der Waals surface area contributed by atoms with Gasteiger partial charge in [0, 0.05) is 17.1 Å². The molecule has 1 saturated heterocycles. The predicted octanol–water partition coefficient (Wildman–Crippen LogP) is 3.12. The molecular formula is C10H16N2S2. The van der Waals surface area contributed by atoms with Crippen molar-refractivity contribution in [2.24, 2.45) is 5.73 Å². The first-order valence-electron chi connectivity index (χ1n) is 5.10. The third-order valence-corrected chi connectivity index (χ3v) is 5.29. The Balaban J connectivity index is 2.07. The molecule has 2 rings (SSSR count). The molecule has 1 aromatic heterocycles. The normalized spacial score (nSPS) is 24.9. The van der Waals surface area contributed by atoms with Crippen molar-refractivity contribution in [2.75, 3.05) is 5.75 Å². The average Bonchev–Trinajstić information content (AvgIpc) is 2.68. The van der Waals surface area contributed by atoms with Crippen LogP contribution in [0.5, 0.6) is 0 Å². The fourth-order valence-electron chi connectivity index (χ4n) is 1.60. The van der Waals surface area contributed by atoms with E-state index >= 15 is 0 Å². The number of nitrogens with two attached hydrogens (primary N) is 1. The van der Waals surface area contributed by atoms with Crippen molar-refractivity contribution < 1.29 is 0 Å². The van der Waals surface area contributed by atoms with Gasteiger partial charge in [-0.2, -0.15) is 11.8 Å². The summed E-state index contributed by atoms with van der Waals surface area (Å²) in [6, 6.07) is 0.134. The predicted molar refractivity (Wildman–Crippen MR) is 63.8 cm³/mol. The number of nitrogens with zero attached hydrogens (tertiary/aromatic N) is 1. The molecule has 2 nitrogen and oxygen atoms in total. The Bertz CT molecular complexity index is 290. The van der Waals surface area contributed by atoms with E-state index in [-0.39, 0.29) is 6.04 Å². The smallest absolute Gasteiger partial charge is 0.106 e. The molecule has 2 N–H and O–H groups in total. The highest BCUT2D eigenvalue weighted by Gasteiger charge is 2.19. The lowest BCUT2D eigenvalue weighted by Crippen LogP contribution is -2.02. The van der Waals surface area contributed by atoms with Crippen molar-refractivity contribution >= 4 is 23.1 Å². The van der Waals surface area contributed by atoms with E-state index in [9.17, 15) is 0 Å². The molecule has 0 radical (unpaired) electrons. The van der Waals surface area contributed by atoms with Gasteiger partial charge in [0.05, 0.1) is 5.25 Å². The molecule has 14 heavy (non-hydrogen) atoms. The Morgan fingerprint density at radius 1 is 1.57 bits per heavy atom. The summed E-state index contributed by atoms with van der Waals surface area (Å²) in [5, 5.41) is 1.92. The number of hydrogen-bond acceptors (Lipinski definition) is 4. The van der Waals surface area contributed by atoms with Gasteiger partial charge in [0.15, 0.2) is 0 Å². The minimum absolute atomic E-state index is 0.134. The number of rotatable bonds is 2. The Labute approximate surface area is 93.3 Å². The van der Waals surface area contributed by atoms with Crippen molar-refractivity contribution in [2.45, 2.75) is 37.5 Å². The first kappa shape index (κ1) is 10.5. The van der Waals surface area contributed by atoms with Crippen LogP contribution in [0.1, 0.15) is 47.4 Å². The zero-order valence-corrected chi connectivity index (χ0v) is 10.0. The molecule has 78 valence electrons. The maximum atomic E-state index is 5.82. The van der Waals surface area contributed by atoms with Crippen LogP contribution in [0.15, 0.2) is 6.20 Å². The van der Waals surface area contributed by atoms with E-state index < -0.39 is 0 Å². The van der Waals surface area contributed by atoms with Crippen LogP contribution in [0, 0.1) is 0 Å². The lowest BCUT2D eigenvalue weighted by molar-refractivity contribution is 0.683. The first-order chi connectivity index (χ1) is 6.77. The fourth-order valence-corrected chi connectivity index (χ4v) is 4.02. The third kappa shape index (κ3) is 2.30. The van der Waals surface area contributed by atoms with Crippen LogP contribution in [0.3, 0.4) is 0 Å². The molecule has 1 fully saturated rings. The molecule has 4 heteroatoms. The Morgan fingerprint density at radius 3 is 3.00 bits per heavy atom. The van der Waals surface area contributed by atoms with Gasteiger partial charge in [-0.1, -0.05) is 6.42 Å². The van der Waals surface area contributed by atoms with Crippen LogP contribution in [0.4, 0.5) is 0 Å². The summed E-state index contributed by atoms with van der Waals surface area (Å²) >= 11 is 3.84. The van der Waals surface area contributed by atoms with E-state index in [0.717, 1.165) is 0 Å². The topological polar surface area (TPSA) is 38.9 Å². The van der Waals surface area contributed by atoms with Crippen LogP contribution in [0.25, 0.3) is 0 Å². The Hall–Kier alpha value is -0.0600. The zero-order chi connectivity index (χ0) is 9.97. The second-order valence-electron chi connectivity index (χ2n) is 3.74. The van der Waals surface area contributed by atoms with Gasteiger partial charge in [-0.25, -0.2) is 4.98 Å². The lowest BCUT2D eigenvalue weighted by Gasteiger charge is -2.18. The molecule has 0 aromatic carbocycles. The maximum absolute atomic E-state index is 5.82. The molecule has 2 unspecified atom stereocenters. The molecule has 0 bridgehead atoms. The molecule has 1 aliphatic heterocycles. The Kier molecular flexibility index (Phi) is 3.47. The highest BCUT2D eigenvalue weighted by atomic mass is 32.2. The molecule has 2 atom stereocenters. The van der Waals surface area contributed by atoms with Crippen LogP contribution in [0.2, 0.25) is 0 Å². The zero-order valence-electron chi connectivity index (χ0n) is 8.40. The van der Waals surface area contributed by atoms with Crippen molar-refractivity contribution in [3.05, 3.63) is 16.1 Å². The van der Waals surface area contributed by atoms with Gasteiger partial charge < -0.3 is 5.73 Å². The largest absolute Gasteiger partial charge is 0.323 e. The monoisotopic (exact) mass is 228 g/mol. The van der Waals surface area contributed by atoms with E-state index in [1.165, 1.54) is 34.9 Å². The summed E-state index contributed by atoms with van der Waals surface area (Å²) in [6.07, 6.45) is 5.95. The van der Waals surface area contributed by atoms with Gasteiger partial charge in [0.2, 0.25) is 0 Å². The molecule has 0 amide bonds. The average molecular weight is 228 g/mol. The van der Waals surface area contributed by atoms with E-state index in [1.54, 1.807) is 11.3 Å². The number of hydrogen-bond donors (Lipinski definition) is 1. The van der Waals surface area contributed by atoms with Gasteiger partial charge in [-0.05, 0) is 25.5 Å². The van der Waals surface area contributed by atoms with E-state index in [2.05, 4.69) is 4.98 Å². The first-order valence-corrected chi connectivity index (χ1v) is 6.96. The summed E-state index contributed by atoms with van der Waals surface area (Å²) in [6.45, 7) is 2.02. The minimum Gasteiger partial charge on any atom is -0.323 e. The Morgan fingerprint density at radius 2 is 2.43 bits per heavy atom. The summed E-state index contributed by atoms with van der Waals surface area (Å²) in [5.41, 5.74) is 5.82. The summed E-state index contributed by atoms with van der Waals surface area (Å²) < 4.78 is 0. The highest BCUT2D eigenvalue weighted by molar-refractivity contribution is 7.99. The van der Waals surface area contributed by atoms with Gasteiger partial charge in [0.25, 0.3) is 0 Å². The lowest BCUT2D eigenvalue weighted by atomic mass is 10.2. The van der Waals surface area contributed by atoms with Crippen LogP contribution >= 0.6 is 23.1 Å². The van der Waals surface area contributed by atoms with E-state index in [0.29, 0.717) is 5.25 Å². The van der Waals surface area contributed by atoms with E-state index in [4.69, 9.17) is 5.73 Å². The standard InChI is InChI=1S/C10H16N2S2/c1-7(11)9-6-12-10(14-9)8-4-2-3-5-13-8/h6-8H,2-5,11H2,1H3. The highest BCUT2D eigenvalue weighted by Crippen LogP contribution is 2.40. The van der Waals surface area contributed by atoms with Gasteiger partial charge >= 0.3 is 0 Å². The van der Waals surface area contributed by atoms with Gasteiger partial charge in [-0.3, -0.25) is 0 Å². The van der Waals surface area contributed by atoms with Crippen LogP contribution in [-0.4, -0.2) is 10.7 Å². The van der Waals surface area contributed by atoms with Crippen molar-refractivity contribution in [3.8, 4) is 0 Å². The molecule has 0 spiro atoms. The molecule has 1 aliphatic rings. The van der Waals surface area contributed by atoms with Crippen molar-refractivity contribution in [1.29, 1.82) is 0 Å². The minimum atomic E-state index is 0.134. The van der Waals surface area contributed by atoms with Gasteiger partial charge in [-0.15, -0.1) is 11.3 Å². The molecule has 0 aliphatic carbocycles. The fraction of sp³-hybridized carbons (Fsp3) is 0.700. The molecule has 2 heterocycles. The van der Waals surface area contributed by atoms with E-state index in [1.807, 2.05) is 24.9 Å². The molecule has 1 aromatic rings. The second-order valence-corrected chi connectivity index (χ2v) is 6.15. The van der Waals surface area contributed by atoms with Crippen molar-refractivity contribution in [1.82, 2.24) is 4.98 Å². The quantitative estimate of drug-likeness (QED) is 0.845. The molecule has 0 saturated carbocycles. The van der Waals surface area contributed by atoms with Crippen molar-refractivity contribution in [3.63, 3.8) is 0 Å². The summed E-state index contributed by atoms with van der Waals surface area (Å²) in [7, 11) is 0. The molecular weight excluding hydrogens is 212 g/mol. The summed E-state index contributed by atoms with van der Waals surface area (Å²) in [4.78, 5) is 5.69.